The molecule has 158 valence electrons. The molecule has 1 atom stereocenters. The smallest absolute Gasteiger partial charge is 0.508 e. The zero-order valence-corrected chi connectivity index (χ0v) is 16.4. The number of benzene rings is 2. The molecule has 1 aromatic heterocycles. The van der Waals surface area contributed by atoms with Crippen LogP contribution in [-0.4, -0.2) is 27.5 Å². The summed E-state index contributed by atoms with van der Waals surface area (Å²) in [7, 11) is 0. The van der Waals surface area contributed by atoms with Crippen LogP contribution in [0.5, 0.6) is 11.5 Å². The van der Waals surface area contributed by atoms with Gasteiger partial charge in [0.05, 0.1) is 5.69 Å². The number of hydrogen-bond acceptors (Lipinski definition) is 6. The van der Waals surface area contributed by atoms with Crippen LogP contribution in [0.4, 0.5) is 30.6 Å². The summed E-state index contributed by atoms with van der Waals surface area (Å²) in [6.07, 6.45) is -3.95. The van der Waals surface area contributed by atoms with E-state index in [9.17, 15) is 18.3 Å². The van der Waals surface area contributed by atoms with Crippen LogP contribution in [-0.2, 0) is 0 Å². The van der Waals surface area contributed by atoms with Gasteiger partial charge in [0.15, 0.2) is 0 Å². The Morgan fingerprint density at radius 2 is 1.83 bits per heavy atom. The lowest BCUT2D eigenvalue weighted by atomic mass is 10.1. The third kappa shape index (κ3) is 6.00. The summed E-state index contributed by atoms with van der Waals surface area (Å²) >= 11 is 0. The van der Waals surface area contributed by atoms with Gasteiger partial charge in [0, 0.05) is 29.4 Å². The molecule has 0 spiro atoms. The van der Waals surface area contributed by atoms with Crippen LogP contribution in [0.2, 0.25) is 0 Å². The van der Waals surface area contributed by atoms with E-state index in [1.54, 1.807) is 30.3 Å². The van der Waals surface area contributed by atoms with Crippen molar-refractivity contribution in [3.63, 3.8) is 0 Å². The number of anilines is 3. The number of phenolic OH excluding ortho intramolecular Hbond substituents is 1. The Bertz CT molecular complexity index is 1010. The van der Waals surface area contributed by atoms with E-state index in [0.29, 0.717) is 28.7 Å². The van der Waals surface area contributed by atoms with Crippen molar-refractivity contribution >= 4 is 17.5 Å². The molecular weight excluding hydrogens is 397 g/mol. The minimum Gasteiger partial charge on any atom is -0.508 e. The van der Waals surface area contributed by atoms with Crippen molar-refractivity contribution in [3.05, 3.63) is 54.6 Å². The summed E-state index contributed by atoms with van der Waals surface area (Å²) in [6, 6.07) is 13.8. The Kier molecular flexibility index (Phi) is 6.29. The van der Waals surface area contributed by atoms with Gasteiger partial charge in [-0.3, -0.25) is 0 Å². The quantitative estimate of drug-likeness (QED) is 0.457. The highest BCUT2D eigenvalue weighted by atomic mass is 19.4. The van der Waals surface area contributed by atoms with E-state index < -0.39 is 6.36 Å². The zero-order valence-electron chi connectivity index (χ0n) is 16.4. The molecule has 3 aromatic rings. The summed E-state index contributed by atoms with van der Waals surface area (Å²) < 4.78 is 41.7. The fraction of sp³-hybridized carbons (Fsp3) is 0.238. The second kappa shape index (κ2) is 8.89. The number of ether oxygens (including phenoxy) is 1. The van der Waals surface area contributed by atoms with E-state index in [4.69, 9.17) is 0 Å². The Hall–Kier alpha value is -3.49. The van der Waals surface area contributed by atoms with Crippen molar-refractivity contribution < 1.29 is 23.0 Å². The van der Waals surface area contributed by atoms with E-state index in [1.165, 1.54) is 24.3 Å². The van der Waals surface area contributed by atoms with Crippen molar-refractivity contribution in [2.24, 2.45) is 0 Å². The molecule has 6 nitrogen and oxygen atoms in total. The standard InChI is InChI=1S/C21H21F3N4O2/c1-3-13(2)25-20-27-18(14-6-4-9-17(10-14)30-21(22,23)24)12-19(28-20)26-15-7-5-8-16(29)11-15/h4-13,29H,3H2,1-2H3,(H2,25,26,27,28)/t13-/m0/s1. The van der Waals surface area contributed by atoms with Gasteiger partial charge in [-0.15, -0.1) is 13.2 Å². The average molecular weight is 418 g/mol. The lowest BCUT2D eigenvalue weighted by molar-refractivity contribution is -0.274. The van der Waals surface area contributed by atoms with Crippen LogP contribution >= 0.6 is 0 Å². The van der Waals surface area contributed by atoms with Crippen LogP contribution in [0.25, 0.3) is 11.3 Å². The molecule has 0 amide bonds. The van der Waals surface area contributed by atoms with Gasteiger partial charge >= 0.3 is 6.36 Å². The maximum absolute atomic E-state index is 12.6. The lowest BCUT2D eigenvalue weighted by Gasteiger charge is -2.15. The molecule has 0 saturated heterocycles. The Morgan fingerprint density at radius 1 is 1.07 bits per heavy atom. The van der Waals surface area contributed by atoms with Crippen LogP contribution in [0.1, 0.15) is 20.3 Å². The van der Waals surface area contributed by atoms with E-state index in [0.717, 1.165) is 6.42 Å². The summed E-state index contributed by atoms with van der Waals surface area (Å²) in [5.74, 6) is 0.493. The van der Waals surface area contributed by atoms with Gasteiger partial charge in [-0.2, -0.15) is 4.98 Å². The Morgan fingerprint density at radius 3 is 2.53 bits per heavy atom. The monoisotopic (exact) mass is 418 g/mol. The third-order valence-electron chi connectivity index (χ3n) is 4.20. The number of rotatable bonds is 7. The second-order valence-electron chi connectivity index (χ2n) is 6.67. The molecule has 0 radical (unpaired) electrons. The average Bonchev–Trinajstić information content (AvgIpc) is 2.66. The normalized spacial score (nSPS) is 12.3. The highest BCUT2D eigenvalue weighted by molar-refractivity contribution is 5.68. The fourth-order valence-electron chi connectivity index (χ4n) is 2.63. The molecule has 0 saturated carbocycles. The molecular formula is C21H21F3N4O2. The molecule has 0 aliphatic rings. The molecule has 0 aliphatic carbocycles. The molecule has 3 rings (SSSR count). The van der Waals surface area contributed by atoms with Crippen LogP contribution in [0, 0.1) is 0 Å². The first-order valence-corrected chi connectivity index (χ1v) is 9.29. The Balaban J connectivity index is 1.98. The van der Waals surface area contributed by atoms with E-state index in [1.807, 2.05) is 13.8 Å². The van der Waals surface area contributed by atoms with Crippen molar-refractivity contribution in [2.75, 3.05) is 10.6 Å². The van der Waals surface area contributed by atoms with Crippen LogP contribution in [0.3, 0.4) is 0 Å². The highest BCUT2D eigenvalue weighted by Crippen LogP contribution is 2.29. The first-order chi connectivity index (χ1) is 14.2. The van der Waals surface area contributed by atoms with Gasteiger partial charge in [-0.1, -0.05) is 25.1 Å². The Labute approximate surface area is 171 Å². The first-order valence-electron chi connectivity index (χ1n) is 9.29. The van der Waals surface area contributed by atoms with E-state index in [-0.39, 0.29) is 17.5 Å². The molecule has 0 bridgehead atoms. The fourth-order valence-corrected chi connectivity index (χ4v) is 2.63. The lowest BCUT2D eigenvalue weighted by Crippen LogP contribution is -2.17. The zero-order chi connectivity index (χ0) is 21.7. The number of alkyl halides is 3. The van der Waals surface area contributed by atoms with Gasteiger partial charge in [-0.25, -0.2) is 4.98 Å². The summed E-state index contributed by atoms with van der Waals surface area (Å²) in [5.41, 5.74) is 1.44. The topological polar surface area (TPSA) is 79.3 Å². The van der Waals surface area contributed by atoms with Crippen molar-refractivity contribution in [1.82, 2.24) is 9.97 Å². The predicted octanol–water partition coefficient (Wildman–Crippen LogP) is 5.70. The van der Waals surface area contributed by atoms with Gasteiger partial charge in [0.25, 0.3) is 0 Å². The first kappa shape index (κ1) is 21.2. The number of phenols is 1. The number of hydrogen-bond donors (Lipinski definition) is 3. The molecule has 2 aromatic carbocycles. The SMILES string of the molecule is CC[C@H](C)Nc1nc(Nc2cccc(O)c2)cc(-c2cccc(OC(F)(F)F)c2)n1. The van der Waals surface area contributed by atoms with Crippen LogP contribution < -0.4 is 15.4 Å². The summed E-state index contributed by atoms with van der Waals surface area (Å²) in [5, 5.41) is 15.9. The number of aromatic hydroxyl groups is 1. The number of halogens is 3. The molecule has 3 N–H and O–H groups in total. The largest absolute Gasteiger partial charge is 0.573 e. The molecule has 30 heavy (non-hydrogen) atoms. The number of nitrogens with one attached hydrogen (secondary N) is 2. The summed E-state index contributed by atoms with van der Waals surface area (Å²) in [4.78, 5) is 8.87. The number of aromatic nitrogens is 2. The van der Waals surface area contributed by atoms with Crippen LogP contribution in [0.15, 0.2) is 54.6 Å². The molecule has 1 heterocycles. The third-order valence-corrected chi connectivity index (χ3v) is 4.20. The van der Waals surface area contributed by atoms with Crippen molar-refractivity contribution in [1.29, 1.82) is 0 Å². The molecule has 0 unspecified atom stereocenters. The minimum absolute atomic E-state index is 0.0873. The van der Waals surface area contributed by atoms with Gasteiger partial charge < -0.3 is 20.5 Å². The maximum atomic E-state index is 12.6. The number of nitrogens with zero attached hydrogens (tertiary/aromatic N) is 2. The molecule has 9 heteroatoms. The molecule has 0 aliphatic heterocycles. The van der Waals surface area contributed by atoms with Crippen molar-refractivity contribution in [3.8, 4) is 22.8 Å². The summed E-state index contributed by atoms with van der Waals surface area (Å²) in [6.45, 7) is 3.97. The van der Waals surface area contributed by atoms with E-state index in [2.05, 4.69) is 25.3 Å². The minimum atomic E-state index is -4.78. The highest BCUT2D eigenvalue weighted by Gasteiger charge is 2.31. The predicted molar refractivity (Wildman–Crippen MR) is 109 cm³/mol. The second-order valence-corrected chi connectivity index (χ2v) is 6.67. The van der Waals surface area contributed by atoms with Gasteiger partial charge in [0.2, 0.25) is 5.95 Å². The van der Waals surface area contributed by atoms with Crippen molar-refractivity contribution in [2.45, 2.75) is 32.7 Å². The van der Waals surface area contributed by atoms with Gasteiger partial charge in [0.1, 0.15) is 17.3 Å². The maximum Gasteiger partial charge on any atom is 0.573 e. The van der Waals surface area contributed by atoms with Gasteiger partial charge in [-0.05, 0) is 37.6 Å². The van der Waals surface area contributed by atoms with E-state index >= 15 is 0 Å². The molecule has 0 fully saturated rings.